The van der Waals surface area contributed by atoms with E-state index in [1.807, 2.05) is 0 Å². The molecule has 2 unspecified atom stereocenters. The Kier molecular flexibility index (Phi) is 10.5. The molecular weight excluding hydrogens is 234 g/mol. The van der Waals surface area contributed by atoms with Crippen molar-refractivity contribution in [2.75, 3.05) is 19.7 Å². The lowest BCUT2D eigenvalue weighted by molar-refractivity contribution is -0.00692. The molecule has 0 aromatic rings. The van der Waals surface area contributed by atoms with Gasteiger partial charge in [0.15, 0.2) is 0 Å². The molecule has 2 nitrogen and oxygen atoms in total. The van der Waals surface area contributed by atoms with Crippen molar-refractivity contribution in [3.63, 3.8) is 0 Å². The van der Waals surface area contributed by atoms with Crippen LogP contribution in [0.15, 0.2) is 0 Å². The molecule has 2 heteroatoms. The van der Waals surface area contributed by atoms with Crippen molar-refractivity contribution in [3.05, 3.63) is 0 Å². The van der Waals surface area contributed by atoms with Gasteiger partial charge in [0.1, 0.15) is 0 Å². The van der Waals surface area contributed by atoms with Gasteiger partial charge in [-0.15, -0.1) is 0 Å². The molecule has 1 N–H and O–H groups in total. The highest BCUT2D eigenvalue weighted by Gasteiger charge is 2.19. The Morgan fingerprint density at radius 2 is 1.63 bits per heavy atom. The molecule has 2 atom stereocenters. The Hall–Kier alpha value is -0.0800. The molecule has 1 heterocycles. The number of hydrogen-bond acceptors (Lipinski definition) is 2. The molecule has 0 aromatic carbocycles. The summed E-state index contributed by atoms with van der Waals surface area (Å²) in [6.07, 6.45) is 14.6. The van der Waals surface area contributed by atoms with Crippen molar-refractivity contribution in [1.82, 2.24) is 5.32 Å². The van der Waals surface area contributed by atoms with Crippen molar-refractivity contribution in [2.24, 2.45) is 5.92 Å². The number of morpholine rings is 1. The van der Waals surface area contributed by atoms with Gasteiger partial charge in [0.2, 0.25) is 0 Å². The fraction of sp³-hybridized carbons (Fsp3) is 1.00. The average Bonchev–Trinajstić information content (AvgIpc) is 2.46. The van der Waals surface area contributed by atoms with E-state index in [4.69, 9.17) is 4.74 Å². The molecule has 0 saturated carbocycles. The molecule has 1 rings (SSSR count). The Morgan fingerprint density at radius 3 is 2.21 bits per heavy atom. The zero-order chi connectivity index (χ0) is 13.8. The molecule has 0 amide bonds. The predicted octanol–water partition coefficient (Wildman–Crippen LogP) is 4.53. The van der Waals surface area contributed by atoms with Gasteiger partial charge in [0.05, 0.1) is 12.7 Å². The molecule has 0 bridgehead atoms. The summed E-state index contributed by atoms with van der Waals surface area (Å²) in [5, 5.41) is 3.43. The Bertz CT molecular complexity index is 190. The molecule has 0 aromatic heterocycles. The molecule has 1 fully saturated rings. The van der Waals surface area contributed by atoms with Gasteiger partial charge >= 0.3 is 0 Å². The Morgan fingerprint density at radius 1 is 1.00 bits per heavy atom. The first-order valence-corrected chi connectivity index (χ1v) is 8.67. The molecule has 114 valence electrons. The summed E-state index contributed by atoms with van der Waals surface area (Å²) >= 11 is 0. The van der Waals surface area contributed by atoms with Gasteiger partial charge in [-0.3, -0.25) is 0 Å². The largest absolute Gasteiger partial charge is 0.375 e. The maximum Gasteiger partial charge on any atom is 0.0725 e. The number of rotatable bonds is 11. The third kappa shape index (κ3) is 8.65. The molecule has 1 aliphatic rings. The molecule has 0 radical (unpaired) electrons. The van der Waals surface area contributed by atoms with Gasteiger partial charge in [-0.05, 0) is 12.3 Å². The zero-order valence-electron chi connectivity index (χ0n) is 13.3. The second-order valence-corrected chi connectivity index (χ2v) is 6.21. The minimum atomic E-state index is 0.461. The lowest BCUT2D eigenvalue weighted by Crippen LogP contribution is -2.41. The van der Waals surface area contributed by atoms with Crippen molar-refractivity contribution >= 4 is 0 Å². The van der Waals surface area contributed by atoms with Crippen LogP contribution in [0.3, 0.4) is 0 Å². The van der Waals surface area contributed by atoms with Gasteiger partial charge < -0.3 is 10.1 Å². The SMILES string of the molecule is CCCCCCCCCCCC(C)C1CNCCO1. The highest BCUT2D eigenvalue weighted by molar-refractivity contribution is 4.72. The highest BCUT2D eigenvalue weighted by atomic mass is 16.5. The van der Waals surface area contributed by atoms with E-state index >= 15 is 0 Å². The van der Waals surface area contributed by atoms with Gasteiger partial charge in [-0.2, -0.15) is 0 Å². The number of nitrogens with one attached hydrogen (secondary N) is 1. The summed E-state index contributed by atoms with van der Waals surface area (Å²) in [5.74, 6) is 0.720. The lowest BCUT2D eigenvalue weighted by Gasteiger charge is -2.28. The van der Waals surface area contributed by atoms with Crippen LogP contribution in [0.1, 0.15) is 78.1 Å². The second kappa shape index (κ2) is 11.7. The zero-order valence-corrected chi connectivity index (χ0v) is 13.3. The first-order chi connectivity index (χ1) is 9.34. The van der Waals surface area contributed by atoms with E-state index < -0.39 is 0 Å². The van der Waals surface area contributed by atoms with Crippen LogP contribution >= 0.6 is 0 Å². The monoisotopic (exact) mass is 269 g/mol. The topological polar surface area (TPSA) is 21.3 Å². The van der Waals surface area contributed by atoms with Crippen LogP contribution in [0.2, 0.25) is 0 Å². The number of ether oxygens (including phenoxy) is 1. The third-order valence-corrected chi connectivity index (χ3v) is 4.35. The fourth-order valence-corrected chi connectivity index (χ4v) is 2.91. The first kappa shape index (κ1) is 17.0. The summed E-state index contributed by atoms with van der Waals surface area (Å²) in [5.41, 5.74) is 0. The Balaban J connectivity index is 1.84. The van der Waals surface area contributed by atoms with Crippen molar-refractivity contribution in [2.45, 2.75) is 84.2 Å². The molecule has 0 spiro atoms. The molecule has 0 aliphatic carbocycles. The van der Waals surface area contributed by atoms with E-state index in [0.717, 1.165) is 25.6 Å². The standard InChI is InChI=1S/C17H35NO/c1-3-4-5-6-7-8-9-10-11-12-16(2)17-15-18-13-14-19-17/h16-18H,3-15H2,1-2H3. The smallest absolute Gasteiger partial charge is 0.0725 e. The van der Waals surface area contributed by atoms with E-state index in [1.165, 1.54) is 64.2 Å². The highest BCUT2D eigenvalue weighted by Crippen LogP contribution is 2.18. The van der Waals surface area contributed by atoms with Crippen LogP contribution in [-0.4, -0.2) is 25.8 Å². The van der Waals surface area contributed by atoms with Crippen LogP contribution in [0.4, 0.5) is 0 Å². The molecular formula is C17H35NO. The average molecular weight is 269 g/mol. The molecule has 19 heavy (non-hydrogen) atoms. The number of hydrogen-bond donors (Lipinski definition) is 1. The summed E-state index contributed by atoms with van der Waals surface area (Å²) in [6.45, 7) is 7.61. The summed E-state index contributed by atoms with van der Waals surface area (Å²) in [7, 11) is 0. The fourth-order valence-electron chi connectivity index (χ4n) is 2.91. The van der Waals surface area contributed by atoms with E-state index in [1.54, 1.807) is 0 Å². The third-order valence-electron chi connectivity index (χ3n) is 4.35. The van der Waals surface area contributed by atoms with E-state index in [-0.39, 0.29) is 0 Å². The Labute approximate surface area is 120 Å². The summed E-state index contributed by atoms with van der Waals surface area (Å²) in [6, 6.07) is 0. The van der Waals surface area contributed by atoms with Crippen LogP contribution in [0.25, 0.3) is 0 Å². The van der Waals surface area contributed by atoms with Crippen LogP contribution in [0.5, 0.6) is 0 Å². The quantitative estimate of drug-likeness (QED) is 0.556. The van der Waals surface area contributed by atoms with Crippen LogP contribution in [0, 0.1) is 5.92 Å². The van der Waals surface area contributed by atoms with Crippen LogP contribution < -0.4 is 5.32 Å². The minimum absolute atomic E-state index is 0.461. The van der Waals surface area contributed by atoms with Crippen LogP contribution in [-0.2, 0) is 4.74 Å². The van der Waals surface area contributed by atoms with E-state index in [0.29, 0.717) is 6.10 Å². The normalized spacial score (nSPS) is 21.5. The predicted molar refractivity (Wildman–Crippen MR) is 83.6 cm³/mol. The summed E-state index contributed by atoms with van der Waals surface area (Å²) < 4.78 is 5.81. The first-order valence-electron chi connectivity index (χ1n) is 8.67. The summed E-state index contributed by atoms with van der Waals surface area (Å²) in [4.78, 5) is 0. The van der Waals surface area contributed by atoms with Crippen molar-refractivity contribution < 1.29 is 4.74 Å². The van der Waals surface area contributed by atoms with Crippen molar-refractivity contribution in [3.8, 4) is 0 Å². The number of unbranched alkanes of at least 4 members (excludes halogenated alkanes) is 8. The molecule has 1 saturated heterocycles. The van der Waals surface area contributed by atoms with Gasteiger partial charge in [-0.25, -0.2) is 0 Å². The van der Waals surface area contributed by atoms with E-state index in [2.05, 4.69) is 19.2 Å². The second-order valence-electron chi connectivity index (χ2n) is 6.21. The van der Waals surface area contributed by atoms with Gasteiger partial charge in [-0.1, -0.05) is 71.6 Å². The maximum absolute atomic E-state index is 5.81. The lowest BCUT2D eigenvalue weighted by atomic mass is 9.96. The minimum Gasteiger partial charge on any atom is -0.375 e. The van der Waals surface area contributed by atoms with E-state index in [9.17, 15) is 0 Å². The molecule has 1 aliphatic heterocycles. The van der Waals surface area contributed by atoms with Gasteiger partial charge in [0.25, 0.3) is 0 Å². The maximum atomic E-state index is 5.81. The van der Waals surface area contributed by atoms with Gasteiger partial charge in [0, 0.05) is 13.1 Å². The van der Waals surface area contributed by atoms with Crippen molar-refractivity contribution in [1.29, 1.82) is 0 Å².